The second kappa shape index (κ2) is 21.7. The summed E-state index contributed by atoms with van der Waals surface area (Å²) < 4.78 is 36.9. The minimum absolute atomic E-state index is 0. The number of anilines is 2. The summed E-state index contributed by atoms with van der Waals surface area (Å²) in [5, 5.41) is 10.4. The molecule has 5 heterocycles. The van der Waals surface area contributed by atoms with Gasteiger partial charge in [-0.15, -0.1) is 4.91 Å². The monoisotopic (exact) mass is 980 g/mol. The number of methoxy groups -OCH3 is 2. The Morgan fingerprint density at radius 1 is 0.521 bits per heavy atom. The summed E-state index contributed by atoms with van der Waals surface area (Å²) in [7, 11) is -0.0447. The molecule has 7 aromatic carbocycles. The number of nitrogens with zero attached hydrogens (tertiary/aromatic N) is 7. The minimum Gasteiger partial charge on any atom is -0.494 e. The zero-order valence-corrected chi connectivity index (χ0v) is 39.8. The highest BCUT2D eigenvalue weighted by Gasteiger charge is 2.19. The third-order valence-electron chi connectivity index (χ3n) is 11.9. The van der Waals surface area contributed by atoms with Gasteiger partial charge in [-0.2, -0.15) is 0 Å². The Kier molecular flexibility index (Phi) is 14.5. The van der Waals surface area contributed by atoms with Crippen molar-refractivity contribution >= 4 is 81.7 Å². The molecule has 14 heteroatoms. The Labute approximate surface area is 421 Å². The largest absolute Gasteiger partial charge is 0.494 e. The summed E-state index contributed by atoms with van der Waals surface area (Å²) in [5.41, 5.74) is 7.72. The summed E-state index contributed by atoms with van der Waals surface area (Å²) in [4.78, 5) is 35.3. The van der Waals surface area contributed by atoms with Crippen LogP contribution in [0.15, 0.2) is 223 Å². The fourth-order valence-corrected chi connectivity index (χ4v) is 9.78. The second-order valence-electron chi connectivity index (χ2n) is 16.4. The van der Waals surface area contributed by atoms with Gasteiger partial charge >= 0.3 is 0 Å². The van der Waals surface area contributed by atoms with Gasteiger partial charge in [-0.1, -0.05) is 135 Å². The van der Waals surface area contributed by atoms with Gasteiger partial charge in [0.05, 0.1) is 58.1 Å². The maximum absolute atomic E-state index is 12.0. The van der Waals surface area contributed by atoms with Crippen LogP contribution >= 0.6 is 0 Å². The molecule has 12 rings (SSSR count). The van der Waals surface area contributed by atoms with E-state index in [1.54, 1.807) is 55.8 Å². The van der Waals surface area contributed by atoms with E-state index in [0.717, 1.165) is 83.2 Å². The first-order valence-corrected chi connectivity index (χ1v) is 24.5. The van der Waals surface area contributed by atoms with Gasteiger partial charge in [-0.05, 0) is 83.5 Å². The summed E-state index contributed by atoms with van der Waals surface area (Å²) in [6, 6.07) is 63.1. The van der Waals surface area contributed by atoms with E-state index in [-0.39, 0.29) is 18.9 Å². The molecule has 0 saturated carbocycles. The molecule has 0 aliphatic carbocycles. The zero-order chi connectivity index (χ0) is 49.4. The Bertz CT molecular complexity index is 4010. The fourth-order valence-electron chi connectivity index (χ4n) is 8.41. The molecular weight excluding hydrogens is 933 g/mol. The molecule has 73 heavy (non-hydrogen) atoms. The van der Waals surface area contributed by atoms with Gasteiger partial charge in [0.25, 0.3) is 0 Å². The van der Waals surface area contributed by atoms with E-state index in [2.05, 4.69) is 66.4 Å². The van der Waals surface area contributed by atoms with Gasteiger partial charge in [0.2, 0.25) is 0 Å². The van der Waals surface area contributed by atoms with E-state index in [4.69, 9.17) is 19.4 Å². The molecule has 0 atom stereocenters. The third-order valence-corrected chi connectivity index (χ3v) is 13.6. The molecule has 13 nitrogen and oxygen atoms in total. The number of pyridine rings is 4. The highest BCUT2D eigenvalue weighted by atomic mass is 32.2. The van der Waals surface area contributed by atoms with Crippen molar-refractivity contribution in [1.82, 2.24) is 29.5 Å². The number of nitrogens with one attached hydrogen (secondary N) is 1. The molecule has 0 bridgehead atoms. The lowest BCUT2D eigenvalue weighted by molar-refractivity contribution is 0.416. The van der Waals surface area contributed by atoms with Gasteiger partial charge in [-0.3, -0.25) is 14.5 Å². The van der Waals surface area contributed by atoms with Crippen LogP contribution in [-0.2, 0) is 15.6 Å². The van der Waals surface area contributed by atoms with Crippen LogP contribution in [0.4, 0.5) is 17.2 Å². The molecule has 1 N–H and O–H groups in total. The first-order chi connectivity index (χ1) is 35.3. The highest BCUT2D eigenvalue weighted by molar-refractivity contribution is 7.90. The van der Waals surface area contributed by atoms with Gasteiger partial charge in [-0.25, -0.2) is 23.4 Å². The van der Waals surface area contributed by atoms with Crippen molar-refractivity contribution in [3.05, 3.63) is 223 Å². The van der Waals surface area contributed by atoms with Crippen molar-refractivity contribution in [3.8, 4) is 28.7 Å². The van der Waals surface area contributed by atoms with E-state index in [0.29, 0.717) is 22.2 Å². The van der Waals surface area contributed by atoms with E-state index in [1.807, 2.05) is 128 Å². The predicted molar refractivity (Wildman–Crippen MR) is 293 cm³/mol. The Balaban J connectivity index is 0.000000141. The standard InChI is InChI=1S/C26H18N4O.C19H14N4O2.C13H12O2S.CH4/c1-31-21-11-5-10-20-25(21)29-26(19-7-3-2-4-8-19)30(20)22-15-14-18-13-12-17-9-6-16-27-23(17)24(18)28-22;1-25-15-6-2-5-14(19(15)23-24)21-16-10-9-13-8-7-12-4-3-11-20-17(12)18(13)22-16;14-16(15,13-9-5-2-6-10-13)11-12-7-3-1-4-8-12;/h2-16H,1H3;2-11H,1H3,(H,21,22);1-10H,11H2;1H4. The van der Waals surface area contributed by atoms with Crippen molar-refractivity contribution in [1.29, 1.82) is 0 Å². The zero-order valence-electron chi connectivity index (χ0n) is 39.0. The van der Waals surface area contributed by atoms with Crippen molar-refractivity contribution in [3.63, 3.8) is 0 Å². The van der Waals surface area contributed by atoms with Gasteiger partial charge in [0, 0.05) is 39.5 Å². The smallest absolute Gasteiger partial charge is 0.182 e. The van der Waals surface area contributed by atoms with Crippen LogP contribution in [0.5, 0.6) is 11.5 Å². The third kappa shape index (κ3) is 10.3. The number of rotatable bonds is 10. The van der Waals surface area contributed by atoms with Crippen LogP contribution in [-0.4, -0.2) is 52.1 Å². The molecule has 0 unspecified atom stereocenters. The first kappa shape index (κ1) is 48.6. The number of hydrogen-bond acceptors (Lipinski definition) is 12. The van der Waals surface area contributed by atoms with Crippen LogP contribution < -0.4 is 14.8 Å². The molecule has 360 valence electrons. The van der Waals surface area contributed by atoms with Crippen LogP contribution in [0.2, 0.25) is 0 Å². The molecular formula is C59H48N8O5S. The molecule has 0 amide bonds. The lowest BCUT2D eigenvalue weighted by Gasteiger charge is -2.11. The fraction of sp³-hybridized carbons (Fsp3) is 0.0678. The van der Waals surface area contributed by atoms with Crippen molar-refractivity contribution < 1.29 is 17.9 Å². The van der Waals surface area contributed by atoms with Crippen LogP contribution in [0, 0.1) is 4.91 Å². The summed E-state index contributed by atoms with van der Waals surface area (Å²) in [6.07, 6.45) is 3.56. The molecule has 0 aliphatic heterocycles. The number of hydrogen-bond donors (Lipinski definition) is 1. The van der Waals surface area contributed by atoms with Crippen LogP contribution in [0.1, 0.15) is 13.0 Å². The number of ether oxygens (including phenoxy) is 2. The number of sulfone groups is 1. The Morgan fingerprint density at radius 2 is 1.07 bits per heavy atom. The number of nitroso groups, excluding NO2 is 1. The molecule has 0 saturated heterocycles. The van der Waals surface area contributed by atoms with Gasteiger partial charge in [0.15, 0.2) is 15.5 Å². The van der Waals surface area contributed by atoms with Crippen molar-refractivity contribution in [2.75, 3.05) is 19.5 Å². The quantitative estimate of drug-likeness (QED) is 0.102. The summed E-state index contributed by atoms with van der Waals surface area (Å²) in [6.45, 7) is 0. The lowest BCUT2D eigenvalue weighted by Crippen LogP contribution is -2.04. The molecule has 0 radical (unpaired) electrons. The van der Waals surface area contributed by atoms with Crippen LogP contribution in [0.3, 0.4) is 0 Å². The lowest BCUT2D eigenvalue weighted by atomic mass is 10.1. The maximum atomic E-state index is 12.0. The van der Waals surface area contributed by atoms with Crippen molar-refractivity contribution in [2.24, 2.45) is 5.18 Å². The SMILES string of the molecule is C.COc1cccc(Nc2ccc3ccc4cccnc4c3n2)c1N=O.COc1cccc2c1nc(-c1ccccc1)n2-c1ccc2ccc3cccnc3c2n1.O=S(=O)(Cc1ccccc1)c1ccccc1. The van der Waals surface area contributed by atoms with Gasteiger partial charge in [0.1, 0.15) is 34.5 Å². The van der Waals surface area contributed by atoms with E-state index < -0.39 is 9.84 Å². The Morgan fingerprint density at radius 3 is 1.70 bits per heavy atom. The van der Waals surface area contributed by atoms with E-state index in [1.165, 1.54) is 7.11 Å². The number of para-hydroxylation sites is 1. The molecule has 0 spiro atoms. The molecule has 0 aliphatic rings. The average Bonchev–Trinajstić information content (AvgIpc) is 3.84. The summed E-state index contributed by atoms with van der Waals surface area (Å²) in [5.74, 6) is 3.41. The molecule has 5 aromatic heterocycles. The maximum Gasteiger partial charge on any atom is 0.182 e. The van der Waals surface area contributed by atoms with Crippen molar-refractivity contribution in [2.45, 2.75) is 18.1 Å². The minimum atomic E-state index is -3.21. The Hall–Kier alpha value is -9.40. The second-order valence-corrected chi connectivity index (χ2v) is 18.4. The molecule has 0 fully saturated rings. The predicted octanol–water partition coefficient (Wildman–Crippen LogP) is 14.0. The number of imidazole rings is 1. The highest BCUT2D eigenvalue weighted by Crippen LogP contribution is 2.37. The average molecular weight is 981 g/mol. The van der Waals surface area contributed by atoms with E-state index in [9.17, 15) is 13.3 Å². The van der Waals surface area contributed by atoms with E-state index >= 15 is 0 Å². The normalized spacial score (nSPS) is 11.0. The van der Waals surface area contributed by atoms with Gasteiger partial charge < -0.3 is 14.8 Å². The number of benzene rings is 7. The summed E-state index contributed by atoms with van der Waals surface area (Å²) >= 11 is 0. The number of fused-ring (bicyclic) bond motifs is 7. The first-order valence-electron chi connectivity index (χ1n) is 22.8. The number of aromatic nitrogens is 6. The molecule has 12 aromatic rings. The topological polar surface area (TPSA) is 163 Å². The van der Waals surface area contributed by atoms with Crippen LogP contribution in [0.25, 0.3) is 71.9 Å².